The quantitative estimate of drug-likeness (QED) is 0.687. The lowest BCUT2D eigenvalue weighted by Crippen LogP contribution is -2.38. The minimum atomic E-state index is -1.01. The number of nitrogens with zero attached hydrogens (tertiary/aromatic N) is 2. The first-order valence-electron chi connectivity index (χ1n) is 7.60. The number of fused-ring (bicyclic) bond motifs is 3. The monoisotopic (exact) mass is 302 g/mol. The number of aromatic carboxylic acids is 1. The molecule has 4 N–H and O–H groups in total. The number of aromatic amines is 1. The minimum Gasteiger partial charge on any atom is -0.478 e. The van der Waals surface area contributed by atoms with Crippen molar-refractivity contribution in [2.75, 3.05) is 5.32 Å². The molecular weight excluding hydrogens is 284 g/mol. The van der Waals surface area contributed by atoms with Crippen molar-refractivity contribution in [3.8, 4) is 0 Å². The predicted octanol–water partition coefficient (Wildman–Crippen LogP) is 1.76. The molecule has 0 spiro atoms. The van der Waals surface area contributed by atoms with Crippen LogP contribution in [0.4, 0.5) is 5.69 Å². The summed E-state index contributed by atoms with van der Waals surface area (Å²) in [7, 11) is 0. The molecule has 0 amide bonds. The molecular formula is C15H18N4O3. The zero-order chi connectivity index (χ0) is 15.3. The van der Waals surface area contributed by atoms with Crippen molar-refractivity contribution in [1.29, 1.82) is 0 Å². The second-order valence-corrected chi connectivity index (χ2v) is 6.47. The summed E-state index contributed by atoms with van der Waals surface area (Å²) in [5.74, 6) is -0.628. The zero-order valence-corrected chi connectivity index (χ0v) is 12.0. The summed E-state index contributed by atoms with van der Waals surface area (Å²) in [6, 6.07) is 0.176. The SMILES string of the molecule is O=C(O)c1cnc2nc[nH]c2c1N[C@H]1CCC2(O)CC[C@H]1C2. The van der Waals surface area contributed by atoms with E-state index in [1.54, 1.807) is 0 Å². The number of aliphatic hydroxyl groups is 1. The molecule has 116 valence electrons. The largest absolute Gasteiger partial charge is 0.478 e. The van der Waals surface area contributed by atoms with Crippen molar-refractivity contribution < 1.29 is 15.0 Å². The summed E-state index contributed by atoms with van der Waals surface area (Å²) in [6.07, 6.45) is 7.10. The Labute approximate surface area is 126 Å². The van der Waals surface area contributed by atoms with Crippen LogP contribution >= 0.6 is 0 Å². The number of hydrogen-bond acceptors (Lipinski definition) is 5. The molecule has 2 aliphatic carbocycles. The van der Waals surface area contributed by atoms with Gasteiger partial charge in [0.25, 0.3) is 0 Å². The first-order chi connectivity index (χ1) is 10.6. The van der Waals surface area contributed by atoms with E-state index in [1.165, 1.54) is 12.5 Å². The second kappa shape index (κ2) is 4.67. The molecule has 2 aliphatic rings. The normalized spacial score (nSPS) is 30.6. The highest BCUT2D eigenvalue weighted by Crippen LogP contribution is 2.46. The molecule has 4 rings (SSSR count). The number of rotatable bonds is 3. The number of pyridine rings is 1. The van der Waals surface area contributed by atoms with Crippen molar-refractivity contribution in [1.82, 2.24) is 15.0 Å². The molecule has 2 fully saturated rings. The van der Waals surface area contributed by atoms with Gasteiger partial charge in [-0.3, -0.25) is 0 Å². The number of carboxylic acid groups (broad SMARTS) is 1. The van der Waals surface area contributed by atoms with Gasteiger partial charge in [0.05, 0.1) is 17.6 Å². The smallest absolute Gasteiger partial charge is 0.339 e. The van der Waals surface area contributed by atoms with Crippen LogP contribution in [0, 0.1) is 5.92 Å². The molecule has 3 atom stereocenters. The maximum absolute atomic E-state index is 11.5. The third-order valence-electron chi connectivity index (χ3n) is 5.13. The van der Waals surface area contributed by atoms with Crippen LogP contribution in [0.25, 0.3) is 11.2 Å². The Hall–Kier alpha value is -2.15. The van der Waals surface area contributed by atoms with Gasteiger partial charge >= 0.3 is 5.97 Å². The van der Waals surface area contributed by atoms with E-state index in [9.17, 15) is 15.0 Å². The zero-order valence-electron chi connectivity index (χ0n) is 12.0. The van der Waals surface area contributed by atoms with E-state index in [1.807, 2.05) is 0 Å². The van der Waals surface area contributed by atoms with E-state index in [4.69, 9.17) is 0 Å². The molecule has 2 saturated carbocycles. The van der Waals surface area contributed by atoms with Crippen molar-refractivity contribution in [2.45, 2.75) is 43.7 Å². The maximum Gasteiger partial charge on any atom is 0.339 e. The molecule has 2 heterocycles. The van der Waals surface area contributed by atoms with Crippen molar-refractivity contribution in [3.63, 3.8) is 0 Å². The molecule has 7 heteroatoms. The highest BCUT2D eigenvalue weighted by Gasteiger charge is 2.45. The number of carbonyl (C=O) groups is 1. The molecule has 0 aliphatic heterocycles. The first kappa shape index (κ1) is 13.5. The Bertz CT molecular complexity index is 743. The van der Waals surface area contributed by atoms with Crippen LogP contribution in [0.15, 0.2) is 12.5 Å². The molecule has 0 radical (unpaired) electrons. The average Bonchev–Trinajstić information content (AvgIpc) is 3.07. The van der Waals surface area contributed by atoms with Gasteiger partial charge in [-0.25, -0.2) is 14.8 Å². The van der Waals surface area contributed by atoms with Gasteiger partial charge in [0, 0.05) is 12.2 Å². The fourth-order valence-corrected chi connectivity index (χ4v) is 3.96. The van der Waals surface area contributed by atoms with Gasteiger partial charge in [-0.1, -0.05) is 0 Å². The standard InChI is InChI=1S/C15H18N4O3/c20-14(21)9-6-16-13-12(17-7-18-13)11(9)19-10-2-4-15(22)3-1-8(10)5-15/h6-8,10,22H,1-5H2,(H,20,21)(H2,16,17,18,19)/t8-,10-,15?/m0/s1. The maximum atomic E-state index is 11.5. The number of aromatic nitrogens is 3. The summed E-state index contributed by atoms with van der Waals surface area (Å²) < 4.78 is 0. The van der Waals surface area contributed by atoms with E-state index in [0.717, 1.165) is 32.1 Å². The van der Waals surface area contributed by atoms with E-state index < -0.39 is 11.6 Å². The lowest BCUT2D eigenvalue weighted by molar-refractivity contribution is 0.0167. The van der Waals surface area contributed by atoms with Crippen molar-refractivity contribution in [2.24, 2.45) is 5.92 Å². The lowest BCUT2D eigenvalue weighted by Gasteiger charge is -2.34. The van der Waals surface area contributed by atoms with Gasteiger partial charge in [-0.05, 0) is 38.0 Å². The average molecular weight is 302 g/mol. The fraction of sp³-hybridized carbons (Fsp3) is 0.533. The number of carboxylic acids is 1. The Morgan fingerprint density at radius 2 is 2.18 bits per heavy atom. The lowest BCUT2D eigenvalue weighted by atomic mass is 9.82. The van der Waals surface area contributed by atoms with E-state index in [0.29, 0.717) is 22.8 Å². The summed E-state index contributed by atoms with van der Waals surface area (Å²) in [6.45, 7) is 0. The topological polar surface area (TPSA) is 111 Å². The molecule has 2 bridgehead atoms. The number of nitrogens with one attached hydrogen (secondary N) is 2. The highest BCUT2D eigenvalue weighted by atomic mass is 16.4. The Kier molecular flexibility index (Phi) is 2.87. The molecule has 1 unspecified atom stereocenters. The van der Waals surface area contributed by atoms with Gasteiger partial charge in [-0.2, -0.15) is 0 Å². The van der Waals surface area contributed by atoms with Gasteiger partial charge in [0.2, 0.25) is 0 Å². The number of H-pyrrole nitrogens is 1. The molecule has 0 aromatic carbocycles. The first-order valence-corrected chi connectivity index (χ1v) is 7.60. The summed E-state index contributed by atoms with van der Waals surface area (Å²) >= 11 is 0. The molecule has 22 heavy (non-hydrogen) atoms. The number of imidazole rings is 1. The Morgan fingerprint density at radius 3 is 3.00 bits per heavy atom. The van der Waals surface area contributed by atoms with Gasteiger partial charge in [-0.15, -0.1) is 0 Å². The number of anilines is 1. The summed E-state index contributed by atoms with van der Waals surface area (Å²) in [4.78, 5) is 22.6. The second-order valence-electron chi connectivity index (χ2n) is 6.47. The van der Waals surface area contributed by atoms with Gasteiger partial charge in [0.15, 0.2) is 5.65 Å². The van der Waals surface area contributed by atoms with Crippen LogP contribution in [-0.4, -0.2) is 42.8 Å². The summed E-state index contributed by atoms with van der Waals surface area (Å²) in [5.41, 5.74) is 1.33. The third-order valence-corrected chi connectivity index (χ3v) is 5.13. The molecule has 2 aromatic heterocycles. The predicted molar refractivity (Wildman–Crippen MR) is 79.8 cm³/mol. The Balaban J connectivity index is 1.70. The van der Waals surface area contributed by atoms with Gasteiger partial charge in [0.1, 0.15) is 11.1 Å². The van der Waals surface area contributed by atoms with Crippen LogP contribution in [0.1, 0.15) is 42.5 Å². The van der Waals surface area contributed by atoms with Crippen LogP contribution in [-0.2, 0) is 0 Å². The minimum absolute atomic E-state index is 0.149. The van der Waals surface area contributed by atoms with Crippen LogP contribution in [0.3, 0.4) is 0 Å². The number of hydrogen-bond donors (Lipinski definition) is 4. The van der Waals surface area contributed by atoms with E-state index >= 15 is 0 Å². The van der Waals surface area contributed by atoms with Crippen LogP contribution in [0.5, 0.6) is 0 Å². The Morgan fingerprint density at radius 1 is 1.36 bits per heavy atom. The third kappa shape index (κ3) is 2.04. The van der Waals surface area contributed by atoms with Crippen molar-refractivity contribution in [3.05, 3.63) is 18.1 Å². The molecule has 2 aromatic rings. The van der Waals surface area contributed by atoms with Crippen LogP contribution in [0.2, 0.25) is 0 Å². The van der Waals surface area contributed by atoms with Crippen molar-refractivity contribution >= 4 is 22.8 Å². The van der Waals surface area contributed by atoms with E-state index in [2.05, 4.69) is 20.3 Å². The van der Waals surface area contributed by atoms with Gasteiger partial charge < -0.3 is 20.5 Å². The molecule has 0 saturated heterocycles. The van der Waals surface area contributed by atoms with E-state index in [-0.39, 0.29) is 11.6 Å². The molecule has 7 nitrogen and oxygen atoms in total. The highest BCUT2D eigenvalue weighted by molar-refractivity contribution is 6.02. The fourth-order valence-electron chi connectivity index (χ4n) is 3.96. The summed E-state index contributed by atoms with van der Waals surface area (Å²) in [5, 5.41) is 23.2. The van der Waals surface area contributed by atoms with Crippen LogP contribution < -0.4 is 5.32 Å².